The van der Waals surface area contributed by atoms with Crippen LogP contribution in [0.4, 0.5) is 0 Å². The third-order valence-electron chi connectivity index (χ3n) is 4.53. The SMILES string of the molecule is C1=C(c2ccccc2)CC[NH+](Cc2csc(-c3ccccc3)n2)C1. The zero-order valence-electron chi connectivity index (χ0n) is 13.6. The quantitative estimate of drug-likeness (QED) is 0.771. The standard InChI is InChI=1S/C21H20N2S/c1-3-7-17(8-4-1)18-11-13-23(14-12-18)15-20-16-24-21(22-20)19-9-5-2-6-10-19/h1-11,16H,12-15H2/p+1. The van der Waals surface area contributed by atoms with Crippen LogP contribution in [0.5, 0.6) is 0 Å². The van der Waals surface area contributed by atoms with Gasteiger partial charge < -0.3 is 4.90 Å². The second-order valence-corrected chi connectivity index (χ2v) is 7.09. The van der Waals surface area contributed by atoms with E-state index in [0.29, 0.717) is 0 Å². The van der Waals surface area contributed by atoms with Gasteiger partial charge in [0.2, 0.25) is 0 Å². The van der Waals surface area contributed by atoms with Crippen molar-refractivity contribution in [1.29, 1.82) is 0 Å². The Labute approximate surface area is 147 Å². The fraction of sp³-hybridized carbons (Fsp3) is 0.190. The first kappa shape index (κ1) is 15.3. The summed E-state index contributed by atoms with van der Waals surface area (Å²) in [6.07, 6.45) is 3.55. The Hall–Kier alpha value is -2.23. The van der Waals surface area contributed by atoms with Crippen LogP contribution in [0.15, 0.2) is 72.1 Å². The van der Waals surface area contributed by atoms with E-state index in [1.165, 1.54) is 28.9 Å². The third-order valence-corrected chi connectivity index (χ3v) is 5.47. The molecule has 24 heavy (non-hydrogen) atoms. The maximum absolute atomic E-state index is 4.83. The maximum Gasteiger partial charge on any atom is 0.123 e. The zero-order valence-corrected chi connectivity index (χ0v) is 14.4. The van der Waals surface area contributed by atoms with Crippen molar-refractivity contribution in [2.24, 2.45) is 0 Å². The number of hydrogen-bond acceptors (Lipinski definition) is 2. The van der Waals surface area contributed by atoms with Crippen LogP contribution in [0, 0.1) is 0 Å². The lowest BCUT2D eigenvalue weighted by Gasteiger charge is -2.23. The van der Waals surface area contributed by atoms with Gasteiger partial charge in [-0.2, -0.15) is 0 Å². The maximum atomic E-state index is 4.83. The molecule has 0 fully saturated rings. The molecule has 2 heterocycles. The van der Waals surface area contributed by atoms with Crippen LogP contribution in [-0.4, -0.2) is 18.1 Å². The zero-order chi connectivity index (χ0) is 16.2. The van der Waals surface area contributed by atoms with Crippen LogP contribution in [0.25, 0.3) is 16.1 Å². The second kappa shape index (κ2) is 7.12. The average molecular weight is 333 g/mol. The molecule has 0 bridgehead atoms. The normalized spacial score (nSPS) is 17.5. The van der Waals surface area contributed by atoms with Crippen molar-refractivity contribution in [3.05, 3.63) is 83.4 Å². The second-order valence-electron chi connectivity index (χ2n) is 6.24. The highest BCUT2D eigenvalue weighted by Crippen LogP contribution is 2.23. The summed E-state index contributed by atoms with van der Waals surface area (Å²) in [5.41, 5.74) is 5.29. The molecule has 0 saturated carbocycles. The number of thiazole rings is 1. The summed E-state index contributed by atoms with van der Waals surface area (Å²) in [5, 5.41) is 3.34. The summed E-state index contributed by atoms with van der Waals surface area (Å²) in [6.45, 7) is 3.28. The molecule has 3 aromatic rings. The van der Waals surface area contributed by atoms with Gasteiger partial charge in [-0.15, -0.1) is 11.3 Å². The number of nitrogens with zero attached hydrogens (tertiary/aromatic N) is 1. The molecule has 0 radical (unpaired) electrons. The Bertz CT molecular complexity index is 821. The van der Waals surface area contributed by atoms with Gasteiger partial charge in [-0.1, -0.05) is 60.7 Å². The van der Waals surface area contributed by atoms with E-state index in [4.69, 9.17) is 4.98 Å². The van der Waals surface area contributed by atoms with Crippen molar-refractivity contribution in [3.63, 3.8) is 0 Å². The van der Waals surface area contributed by atoms with Crippen LogP contribution in [0.3, 0.4) is 0 Å². The summed E-state index contributed by atoms with van der Waals surface area (Å²) in [6, 6.07) is 21.2. The number of quaternary nitrogens is 1. The van der Waals surface area contributed by atoms with Crippen molar-refractivity contribution >= 4 is 16.9 Å². The Morgan fingerprint density at radius 2 is 1.62 bits per heavy atom. The van der Waals surface area contributed by atoms with E-state index in [1.54, 1.807) is 16.2 Å². The lowest BCUT2D eigenvalue weighted by atomic mass is 9.99. The van der Waals surface area contributed by atoms with E-state index in [2.05, 4.69) is 66.1 Å². The van der Waals surface area contributed by atoms with Gasteiger partial charge in [-0.05, 0) is 17.2 Å². The molecule has 1 aromatic heterocycles. The van der Waals surface area contributed by atoms with Crippen LogP contribution >= 0.6 is 11.3 Å². The first-order valence-electron chi connectivity index (χ1n) is 8.46. The summed E-state index contributed by atoms with van der Waals surface area (Å²) in [7, 11) is 0. The molecule has 2 aromatic carbocycles. The highest BCUT2D eigenvalue weighted by molar-refractivity contribution is 7.13. The highest BCUT2D eigenvalue weighted by Gasteiger charge is 2.17. The molecule has 1 N–H and O–H groups in total. The van der Waals surface area contributed by atoms with Crippen LogP contribution in [0.1, 0.15) is 17.7 Å². The Balaban J connectivity index is 1.41. The topological polar surface area (TPSA) is 17.3 Å². The van der Waals surface area contributed by atoms with Gasteiger partial charge in [-0.3, -0.25) is 0 Å². The van der Waals surface area contributed by atoms with E-state index < -0.39 is 0 Å². The Kier molecular flexibility index (Phi) is 4.54. The van der Waals surface area contributed by atoms with Gasteiger partial charge in [-0.25, -0.2) is 4.98 Å². The third kappa shape index (κ3) is 3.48. The van der Waals surface area contributed by atoms with E-state index in [-0.39, 0.29) is 0 Å². The van der Waals surface area contributed by atoms with Crippen LogP contribution < -0.4 is 4.90 Å². The molecule has 0 saturated heterocycles. The smallest absolute Gasteiger partial charge is 0.123 e. The van der Waals surface area contributed by atoms with Crippen molar-refractivity contribution in [3.8, 4) is 10.6 Å². The molecule has 4 rings (SSSR count). The van der Waals surface area contributed by atoms with E-state index >= 15 is 0 Å². The molecule has 120 valence electrons. The van der Waals surface area contributed by atoms with Crippen molar-refractivity contribution in [2.75, 3.05) is 13.1 Å². The number of hydrogen-bond donors (Lipinski definition) is 1. The summed E-state index contributed by atoms with van der Waals surface area (Å²) in [5.74, 6) is 0. The number of rotatable bonds is 4. The molecule has 1 atom stereocenters. The van der Waals surface area contributed by atoms with E-state index in [9.17, 15) is 0 Å². The van der Waals surface area contributed by atoms with Crippen molar-refractivity contribution in [2.45, 2.75) is 13.0 Å². The highest BCUT2D eigenvalue weighted by atomic mass is 32.1. The molecule has 1 unspecified atom stereocenters. The molecule has 0 aliphatic carbocycles. The van der Waals surface area contributed by atoms with Crippen molar-refractivity contribution < 1.29 is 4.90 Å². The molecule has 2 nitrogen and oxygen atoms in total. The number of benzene rings is 2. The fourth-order valence-corrected chi connectivity index (χ4v) is 4.04. The first-order chi connectivity index (χ1) is 11.9. The van der Waals surface area contributed by atoms with Gasteiger partial charge in [0.05, 0.1) is 13.1 Å². The largest absolute Gasteiger partial charge is 0.326 e. The average Bonchev–Trinajstić information content (AvgIpc) is 3.12. The van der Waals surface area contributed by atoms with Gasteiger partial charge in [0.15, 0.2) is 0 Å². The molecule has 0 amide bonds. The molecular formula is C21H21N2S+. The molecule has 3 heteroatoms. The minimum absolute atomic E-state index is 1.02. The van der Waals surface area contributed by atoms with Crippen molar-refractivity contribution in [1.82, 2.24) is 4.98 Å². The number of aromatic nitrogens is 1. The molecule has 0 spiro atoms. The fourth-order valence-electron chi connectivity index (χ4n) is 3.22. The molecule has 1 aliphatic rings. The van der Waals surface area contributed by atoms with Crippen LogP contribution in [-0.2, 0) is 6.54 Å². The first-order valence-corrected chi connectivity index (χ1v) is 9.34. The predicted octanol–water partition coefficient (Wildman–Crippen LogP) is 3.68. The van der Waals surface area contributed by atoms with E-state index in [1.807, 2.05) is 6.07 Å². The Morgan fingerprint density at radius 3 is 2.29 bits per heavy atom. The monoisotopic (exact) mass is 333 g/mol. The summed E-state index contributed by atoms with van der Waals surface area (Å²) >= 11 is 1.75. The van der Waals surface area contributed by atoms with E-state index in [0.717, 1.165) is 24.5 Å². The van der Waals surface area contributed by atoms with Gasteiger partial charge >= 0.3 is 0 Å². The van der Waals surface area contributed by atoms with Gasteiger partial charge in [0, 0.05) is 17.4 Å². The molecular weight excluding hydrogens is 312 g/mol. The Morgan fingerprint density at radius 1 is 0.917 bits per heavy atom. The number of nitrogens with one attached hydrogen (secondary N) is 1. The molecule has 1 aliphatic heterocycles. The summed E-state index contributed by atoms with van der Waals surface area (Å²) < 4.78 is 0. The summed E-state index contributed by atoms with van der Waals surface area (Å²) in [4.78, 5) is 6.43. The minimum Gasteiger partial charge on any atom is -0.326 e. The lowest BCUT2D eigenvalue weighted by molar-refractivity contribution is -0.909. The predicted molar refractivity (Wildman–Crippen MR) is 101 cm³/mol. The van der Waals surface area contributed by atoms with Crippen LogP contribution in [0.2, 0.25) is 0 Å². The minimum atomic E-state index is 1.02. The van der Waals surface area contributed by atoms with Gasteiger partial charge in [0.1, 0.15) is 17.2 Å². The lowest BCUT2D eigenvalue weighted by Crippen LogP contribution is -3.11. The van der Waals surface area contributed by atoms with Gasteiger partial charge in [0.25, 0.3) is 0 Å².